The molecule has 0 saturated carbocycles. The monoisotopic (exact) mass is 393 g/mol. The second-order valence-corrected chi connectivity index (χ2v) is 7.06. The molecule has 1 aliphatic heterocycles. The van der Waals surface area contributed by atoms with Gasteiger partial charge in [0, 0.05) is 38.2 Å². The molecule has 0 atom stereocenters. The van der Waals surface area contributed by atoms with E-state index in [1.807, 2.05) is 29.2 Å². The fourth-order valence-electron chi connectivity index (χ4n) is 3.57. The maximum atomic E-state index is 12.8. The summed E-state index contributed by atoms with van der Waals surface area (Å²) in [6.45, 7) is 2.16. The zero-order valence-electron chi connectivity index (χ0n) is 16.3. The Morgan fingerprint density at radius 1 is 1.07 bits per heavy atom. The van der Waals surface area contributed by atoms with Gasteiger partial charge >= 0.3 is 0 Å². The van der Waals surface area contributed by atoms with Gasteiger partial charge in [0.15, 0.2) is 12.0 Å². The van der Waals surface area contributed by atoms with Crippen molar-refractivity contribution in [2.75, 3.05) is 33.3 Å². The van der Waals surface area contributed by atoms with Gasteiger partial charge in [0.1, 0.15) is 11.3 Å². The zero-order chi connectivity index (χ0) is 20.2. The Labute approximate surface area is 168 Å². The van der Waals surface area contributed by atoms with Gasteiger partial charge in [0.25, 0.3) is 5.91 Å². The van der Waals surface area contributed by atoms with Gasteiger partial charge in [-0.25, -0.2) is 4.98 Å². The molecule has 2 heterocycles. The number of benzene rings is 2. The molecule has 2 amide bonds. The molecule has 0 aliphatic carbocycles. The van der Waals surface area contributed by atoms with Crippen molar-refractivity contribution in [2.45, 2.75) is 12.8 Å². The van der Waals surface area contributed by atoms with Crippen molar-refractivity contribution in [3.05, 3.63) is 60.0 Å². The molecule has 0 spiro atoms. The maximum absolute atomic E-state index is 12.8. The summed E-state index contributed by atoms with van der Waals surface area (Å²) in [5.74, 6) is 0.869. The van der Waals surface area contributed by atoms with Crippen molar-refractivity contribution >= 4 is 22.9 Å². The van der Waals surface area contributed by atoms with Crippen molar-refractivity contribution in [1.29, 1.82) is 0 Å². The highest BCUT2D eigenvalue weighted by atomic mass is 16.5. The quantitative estimate of drug-likeness (QED) is 0.666. The SMILES string of the molecule is COc1cccc(CCC(=O)N2CCN(C(=O)c3ccc4ocnc4c3)CC2)c1. The summed E-state index contributed by atoms with van der Waals surface area (Å²) in [5.41, 5.74) is 2.99. The first-order chi connectivity index (χ1) is 14.1. The zero-order valence-corrected chi connectivity index (χ0v) is 16.3. The lowest BCUT2D eigenvalue weighted by molar-refractivity contribution is -0.132. The lowest BCUT2D eigenvalue weighted by Gasteiger charge is -2.35. The first-order valence-corrected chi connectivity index (χ1v) is 9.67. The molecule has 4 rings (SSSR count). The van der Waals surface area contributed by atoms with E-state index in [1.54, 1.807) is 30.2 Å². The molecular formula is C22H23N3O4. The Morgan fingerprint density at radius 3 is 2.66 bits per heavy atom. The van der Waals surface area contributed by atoms with E-state index in [0.29, 0.717) is 55.7 Å². The Kier molecular flexibility index (Phi) is 5.46. The summed E-state index contributed by atoms with van der Waals surface area (Å²) in [6, 6.07) is 13.0. The second kappa shape index (κ2) is 8.34. The van der Waals surface area contributed by atoms with E-state index in [1.165, 1.54) is 6.39 Å². The molecule has 0 radical (unpaired) electrons. The van der Waals surface area contributed by atoms with Crippen LogP contribution in [0.2, 0.25) is 0 Å². The number of carbonyl (C=O) groups is 2. The number of methoxy groups -OCH3 is 1. The smallest absolute Gasteiger partial charge is 0.254 e. The number of oxazole rings is 1. The van der Waals surface area contributed by atoms with E-state index in [4.69, 9.17) is 9.15 Å². The molecule has 29 heavy (non-hydrogen) atoms. The standard InChI is InChI=1S/C22H23N3O4/c1-28-18-4-2-3-16(13-18)5-8-21(26)24-9-11-25(12-10-24)22(27)17-6-7-20-19(14-17)23-15-29-20/h2-4,6-7,13-15H,5,8-12H2,1H3. The van der Waals surface area contributed by atoms with Crippen LogP contribution in [0.25, 0.3) is 11.1 Å². The average molecular weight is 393 g/mol. The van der Waals surface area contributed by atoms with Crippen LogP contribution in [0.15, 0.2) is 53.3 Å². The third kappa shape index (κ3) is 4.23. The maximum Gasteiger partial charge on any atom is 0.254 e. The molecule has 1 fully saturated rings. The number of nitrogens with zero attached hydrogens (tertiary/aromatic N) is 3. The summed E-state index contributed by atoms with van der Waals surface area (Å²) in [4.78, 5) is 33.1. The molecule has 0 unspecified atom stereocenters. The second-order valence-electron chi connectivity index (χ2n) is 7.06. The van der Waals surface area contributed by atoms with E-state index < -0.39 is 0 Å². The minimum Gasteiger partial charge on any atom is -0.497 e. The average Bonchev–Trinajstić information content (AvgIpc) is 3.25. The number of aromatic nitrogens is 1. The lowest BCUT2D eigenvalue weighted by atomic mass is 10.1. The molecule has 2 aromatic carbocycles. The number of amides is 2. The molecule has 0 bridgehead atoms. The van der Waals surface area contributed by atoms with Gasteiger partial charge in [-0.05, 0) is 42.3 Å². The van der Waals surface area contributed by atoms with E-state index in [2.05, 4.69) is 4.98 Å². The fraction of sp³-hybridized carbons (Fsp3) is 0.318. The fourth-order valence-corrected chi connectivity index (χ4v) is 3.57. The molecule has 7 heteroatoms. The third-order valence-corrected chi connectivity index (χ3v) is 5.26. The molecular weight excluding hydrogens is 370 g/mol. The number of aryl methyl sites for hydroxylation is 1. The van der Waals surface area contributed by atoms with Gasteiger partial charge < -0.3 is 19.0 Å². The normalized spacial score (nSPS) is 14.2. The first-order valence-electron chi connectivity index (χ1n) is 9.67. The number of ether oxygens (including phenoxy) is 1. The van der Waals surface area contributed by atoms with Crippen LogP contribution in [0.4, 0.5) is 0 Å². The van der Waals surface area contributed by atoms with Gasteiger partial charge in [0.2, 0.25) is 5.91 Å². The van der Waals surface area contributed by atoms with Crippen molar-refractivity contribution in [3.63, 3.8) is 0 Å². The molecule has 150 valence electrons. The van der Waals surface area contributed by atoms with Crippen LogP contribution in [0, 0.1) is 0 Å². The number of hydrogen-bond acceptors (Lipinski definition) is 5. The van der Waals surface area contributed by atoms with Gasteiger partial charge in [-0.2, -0.15) is 0 Å². The summed E-state index contributed by atoms with van der Waals surface area (Å²) in [7, 11) is 1.63. The predicted molar refractivity (Wildman–Crippen MR) is 108 cm³/mol. The van der Waals surface area contributed by atoms with Crippen LogP contribution >= 0.6 is 0 Å². The Bertz CT molecular complexity index is 1020. The van der Waals surface area contributed by atoms with Crippen LogP contribution in [-0.2, 0) is 11.2 Å². The highest BCUT2D eigenvalue weighted by Crippen LogP contribution is 2.18. The Hall–Kier alpha value is -3.35. The largest absolute Gasteiger partial charge is 0.497 e. The molecule has 1 saturated heterocycles. The van der Waals surface area contributed by atoms with Crippen LogP contribution in [-0.4, -0.2) is 59.9 Å². The van der Waals surface area contributed by atoms with Crippen molar-refractivity contribution < 1.29 is 18.7 Å². The van der Waals surface area contributed by atoms with Crippen molar-refractivity contribution in [2.24, 2.45) is 0 Å². The molecule has 1 aliphatic rings. The van der Waals surface area contributed by atoms with Gasteiger partial charge in [-0.1, -0.05) is 12.1 Å². The van der Waals surface area contributed by atoms with E-state index in [0.717, 1.165) is 11.3 Å². The van der Waals surface area contributed by atoms with Crippen LogP contribution in [0.1, 0.15) is 22.3 Å². The summed E-state index contributed by atoms with van der Waals surface area (Å²) in [5, 5.41) is 0. The molecule has 7 nitrogen and oxygen atoms in total. The minimum atomic E-state index is -0.0432. The number of carbonyl (C=O) groups excluding carboxylic acids is 2. The Morgan fingerprint density at radius 2 is 1.86 bits per heavy atom. The summed E-state index contributed by atoms with van der Waals surface area (Å²) < 4.78 is 10.4. The van der Waals surface area contributed by atoms with Gasteiger partial charge in [-0.3, -0.25) is 9.59 Å². The third-order valence-electron chi connectivity index (χ3n) is 5.26. The van der Waals surface area contributed by atoms with E-state index >= 15 is 0 Å². The minimum absolute atomic E-state index is 0.0432. The highest BCUT2D eigenvalue weighted by Gasteiger charge is 2.25. The van der Waals surface area contributed by atoms with Crippen LogP contribution in [0.3, 0.4) is 0 Å². The number of rotatable bonds is 5. The Balaban J connectivity index is 1.30. The van der Waals surface area contributed by atoms with Crippen LogP contribution < -0.4 is 4.74 Å². The number of piperazine rings is 1. The number of hydrogen-bond donors (Lipinski definition) is 0. The van der Waals surface area contributed by atoms with Crippen molar-refractivity contribution in [3.8, 4) is 5.75 Å². The van der Waals surface area contributed by atoms with Gasteiger partial charge in [-0.15, -0.1) is 0 Å². The topological polar surface area (TPSA) is 75.9 Å². The predicted octanol–water partition coefficient (Wildman–Crippen LogP) is 2.75. The molecule has 0 N–H and O–H groups in total. The van der Waals surface area contributed by atoms with Crippen molar-refractivity contribution in [1.82, 2.24) is 14.8 Å². The molecule has 1 aromatic heterocycles. The molecule has 3 aromatic rings. The van der Waals surface area contributed by atoms with Gasteiger partial charge in [0.05, 0.1) is 7.11 Å². The van der Waals surface area contributed by atoms with E-state index in [9.17, 15) is 9.59 Å². The first kappa shape index (κ1) is 19.0. The lowest BCUT2D eigenvalue weighted by Crippen LogP contribution is -2.50. The number of fused-ring (bicyclic) bond motifs is 1. The van der Waals surface area contributed by atoms with Crippen LogP contribution in [0.5, 0.6) is 5.75 Å². The van der Waals surface area contributed by atoms with E-state index in [-0.39, 0.29) is 11.8 Å². The summed E-state index contributed by atoms with van der Waals surface area (Å²) in [6.07, 6.45) is 2.49. The highest BCUT2D eigenvalue weighted by molar-refractivity contribution is 5.97. The summed E-state index contributed by atoms with van der Waals surface area (Å²) >= 11 is 0.